The maximum Gasteiger partial charge on any atom is 0.227 e. The molecule has 1 aromatic rings. The van der Waals surface area contributed by atoms with Crippen LogP contribution in [0.4, 0.5) is 4.39 Å². The lowest BCUT2D eigenvalue weighted by molar-refractivity contribution is -0.133. The molecule has 1 aliphatic carbocycles. The lowest BCUT2D eigenvalue weighted by atomic mass is 9.70. The predicted octanol–water partition coefficient (Wildman–Crippen LogP) is 3.16. The maximum absolute atomic E-state index is 13.0. The SMILES string of the molecule is CC1CCC(CN)(C(=O)N[C@H](C)c2ccc(F)cc2)CC1. The van der Waals surface area contributed by atoms with E-state index in [-0.39, 0.29) is 17.8 Å². The minimum Gasteiger partial charge on any atom is -0.349 e. The molecule has 0 spiro atoms. The second-order valence-corrected chi connectivity index (χ2v) is 6.41. The maximum atomic E-state index is 13.0. The molecule has 1 aliphatic rings. The van der Waals surface area contributed by atoms with Gasteiger partial charge in [-0.05, 0) is 56.2 Å². The summed E-state index contributed by atoms with van der Waals surface area (Å²) in [6.45, 7) is 4.53. The van der Waals surface area contributed by atoms with E-state index >= 15 is 0 Å². The zero-order chi connectivity index (χ0) is 15.5. The summed E-state index contributed by atoms with van der Waals surface area (Å²) < 4.78 is 13.0. The van der Waals surface area contributed by atoms with Crippen molar-refractivity contribution in [3.8, 4) is 0 Å². The number of carbonyl (C=O) groups is 1. The van der Waals surface area contributed by atoms with Crippen molar-refractivity contribution in [2.24, 2.45) is 17.1 Å². The van der Waals surface area contributed by atoms with Crippen LogP contribution in [0.3, 0.4) is 0 Å². The van der Waals surface area contributed by atoms with Gasteiger partial charge in [-0.2, -0.15) is 0 Å². The van der Waals surface area contributed by atoms with Gasteiger partial charge in [-0.3, -0.25) is 4.79 Å². The minimum absolute atomic E-state index is 0.0359. The van der Waals surface area contributed by atoms with Gasteiger partial charge in [0.15, 0.2) is 0 Å². The lowest BCUT2D eigenvalue weighted by Crippen LogP contribution is -2.48. The first kappa shape index (κ1) is 16.0. The highest BCUT2D eigenvalue weighted by Gasteiger charge is 2.40. The molecule has 0 unspecified atom stereocenters. The van der Waals surface area contributed by atoms with E-state index in [0.29, 0.717) is 12.5 Å². The first-order valence-electron chi connectivity index (χ1n) is 7.73. The number of carbonyl (C=O) groups excluding carboxylic acids is 1. The van der Waals surface area contributed by atoms with Gasteiger partial charge in [0.25, 0.3) is 0 Å². The minimum atomic E-state index is -0.430. The van der Waals surface area contributed by atoms with Crippen molar-refractivity contribution in [3.63, 3.8) is 0 Å². The highest BCUT2D eigenvalue weighted by atomic mass is 19.1. The summed E-state index contributed by atoms with van der Waals surface area (Å²) in [7, 11) is 0. The summed E-state index contributed by atoms with van der Waals surface area (Å²) in [4.78, 5) is 12.6. The molecule has 4 heteroatoms. The summed E-state index contributed by atoms with van der Waals surface area (Å²) in [6.07, 6.45) is 3.81. The molecule has 2 rings (SSSR count). The van der Waals surface area contributed by atoms with E-state index < -0.39 is 5.41 Å². The third-order valence-electron chi connectivity index (χ3n) is 4.82. The highest BCUT2D eigenvalue weighted by molar-refractivity contribution is 5.83. The number of halogens is 1. The molecule has 0 bridgehead atoms. The quantitative estimate of drug-likeness (QED) is 0.895. The molecular weight excluding hydrogens is 267 g/mol. The van der Waals surface area contributed by atoms with E-state index in [1.165, 1.54) is 12.1 Å². The van der Waals surface area contributed by atoms with E-state index in [9.17, 15) is 9.18 Å². The largest absolute Gasteiger partial charge is 0.349 e. The molecule has 3 nitrogen and oxygen atoms in total. The molecular formula is C17H25FN2O. The molecule has 0 saturated heterocycles. The molecule has 1 saturated carbocycles. The van der Waals surface area contributed by atoms with Crippen molar-refractivity contribution in [1.82, 2.24) is 5.32 Å². The Balaban J connectivity index is 2.03. The Morgan fingerprint density at radius 1 is 1.38 bits per heavy atom. The van der Waals surface area contributed by atoms with E-state index in [1.807, 2.05) is 6.92 Å². The lowest BCUT2D eigenvalue weighted by Gasteiger charge is -2.38. The molecule has 21 heavy (non-hydrogen) atoms. The van der Waals surface area contributed by atoms with Crippen LogP contribution < -0.4 is 11.1 Å². The van der Waals surface area contributed by atoms with Crippen molar-refractivity contribution in [2.75, 3.05) is 6.54 Å². The van der Waals surface area contributed by atoms with Gasteiger partial charge in [-0.1, -0.05) is 19.1 Å². The number of rotatable bonds is 4. The number of nitrogens with two attached hydrogens (primary N) is 1. The Labute approximate surface area is 126 Å². The smallest absolute Gasteiger partial charge is 0.227 e. The molecule has 1 aromatic carbocycles. The summed E-state index contributed by atoms with van der Waals surface area (Å²) in [5.41, 5.74) is 6.38. The fraction of sp³-hybridized carbons (Fsp3) is 0.588. The van der Waals surface area contributed by atoms with Gasteiger partial charge in [0.05, 0.1) is 11.5 Å². The van der Waals surface area contributed by atoms with Gasteiger partial charge in [0.2, 0.25) is 5.91 Å². The van der Waals surface area contributed by atoms with Gasteiger partial charge < -0.3 is 11.1 Å². The zero-order valence-corrected chi connectivity index (χ0v) is 12.9. The van der Waals surface area contributed by atoms with E-state index in [2.05, 4.69) is 12.2 Å². The van der Waals surface area contributed by atoms with Crippen LogP contribution in [0.5, 0.6) is 0 Å². The van der Waals surface area contributed by atoms with Gasteiger partial charge in [0, 0.05) is 6.54 Å². The van der Waals surface area contributed by atoms with Gasteiger partial charge in [0.1, 0.15) is 5.82 Å². The van der Waals surface area contributed by atoms with Crippen LogP contribution in [-0.4, -0.2) is 12.5 Å². The van der Waals surface area contributed by atoms with E-state index in [0.717, 1.165) is 31.2 Å². The normalized spacial score (nSPS) is 27.1. The van der Waals surface area contributed by atoms with Crippen LogP contribution in [0, 0.1) is 17.2 Å². The van der Waals surface area contributed by atoms with E-state index in [4.69, 9.17) is 5.73 Å². The van der Waals surface area contributed by atoms with Gasteiger partial charge in [-0.25, -0.2) is 4.39 Å². The Bertz CT molecular complexity index is 478. The van der Waals surface area contributed by atoms with E-state index in [1.54, 1.807) is 12.1 Å². The van der Waals surface area contributed by atoms with Crippen molar-refractivity contribution in [1.29, 1.82) is 0 Å². The zero-order valence-electron chi connectivity index (χ0n) is 12.9. The third-order valence-corrected chi connectivity index (χ3v) is 4.82. The van der Waals surface area contributed by atoms with Crippen LogP contribution in [0.2, 0.25) is 0 Å². The third kappa shape index (κ3) is 3.62. The second-order valence-electron chi connectivity index (χ2n) is 6.41. The van der Waals surface area contributed by atoms with Crippen LogP contribution >= 0.6 is 0 Å². The average Bonchev–Trinajstić information content (AvgIpc) is 2.49. The topological polar surface area (TPSA) is 55.1 Å². The molecule has 0 heterocycles. The number of amides is 1. The van der Waals surface area contributed by atoms with Crippen LogP contribution in [-0.2, 0) is 4.79 Å². The summed E-state index contributed by atoms with van der Waals surface area (Å²) in [6, 6.07) is 6.11. The van der Waals surface area contributed by atoms with Crippen molar-refractivity contribution in [3.05, 3.63) is 35.6 Å². The summed E-state index contributed by atoms with van der Waals surface area (Å²) >= 11 is 0. The highest BCUT2D eigenvalue weighted by Crippen LogP contribution is 2.38. The van der Waals surface area contributed by atoms with Crippen LogP contribution in [0.1, 0.15) is 51.1 Å². The Hall–Kier alpha value is -1.42. The first-order chi connectivity index (χ1) is 9.97. The van der Waals surface area contributed by atoms with Crippen LogP contribution in [0.15, 0.2) is 24.3 Å². The number of hydrogen-bond acceptors (Lipinski definition) is 2. The molecule has 0 radical (unpaired) electrons. The second kappa shape index (κ2) is 6.56. The molecule has 0 aromatic heterocycles. The molecule has 0 aliphatic heterocycles. The van der Waals surface area contributed by atoms with Crippen molar-refractivity contribution < 1.29 is 9.18 Å². The summed E-state index contributed by atoms with van der Waals surface area (Å²) in [5, 5.41) is 3.05. The fourth-order valence-electron chi connectivity index (χ4n) is 3.02. The van der Waals surface area contributed by atoms with Gasteiger partial charge >= 0.3 is 0 Å². The Kier molecular flexibility index (Phi) is 4.99. The standard InChI is InChI=1S/C17H25FN2O/c1-12-7-9-17(11-19,10-8-12)16(21)20-13(2)14-3-5-15(18)6-4-14/h3-6,12-13H,7-11,19H2,1-2H3,(H,20,21)/t12?,13-,17?/m1/s1. The number of benzene rings is 1. The molecule has 1 fully saturated rings. The predicted molar refractivity (Wildman–Crippen MR) is 82.1 cm³/mol. The molecule has 116 valence electrons. The average molecular weight is 292 g/mol. The number of hydrogen-bond donors (Lipinski definition) is 2. The molecule has 1 amide bonds. The first-order valence-corrected chi connectivity index (χ1v) is 7.73. The number of nitrogens with one attached hydrogen (secondary N) is 1. The van der Waals surface area contributed by atoms with Crippen LogP contribution in [0.25, 0.3) is 0 Å². The molecule has 1 atom stereocenters. The molecule has 3 N–H and O–H groups in total. The van der Waals surface area contributed by atoms with Crippen molar-refractivity contribution >= 4 is 5.91 Å². The Morgan fingerprint density at radius 2 is 1.95 bits per heavy atom. The van der Waals surface area contributed by atoms with Crippen molar-refractivity contribution in [2.45, 2.75) is 45.6 Å². The fourth-order valence-corrected chi connectivity index (χ4v) is 3.02. The van der Waals surface area contributed by atoms with Gasteiger partial charge in [-0.15, -0.1) is 0 Å². The Morgan fingerprint density at radius 3 is 2.48 bits per heavy atom. The summed E-state index contributed by atoms with van der Waals surface area (Å²) in [5.74, 6) is 0.442. The monoisotopic (exact) mass is 292 g/mol.